The highest BCUT2D eigenvalue weighted by Gasteiger charge is 2.25. The first-order valence-corrected chi connectivity index (χ1v) is 7.08. The van der Waals surface area contributed by atoms with E-state index in [2.05, 4.69) is 14.9 Å². The molecule has 0 aromatic carbocycles. The third kappa shape index (κ3) is 2.08. The Balaban J connectivity index is 2.48. The van der Waals surface area contributed by atoms with Gasteiger partial charge in [-0.15, -0.1) is 11.6 Å². The maximum atomic E-state index is 11.1. The van der Waals surface area contributed by atoms with Crippen LogP contribution in [0, 0.1) is 0 Å². The summed E-state index contributed by atoms with van der Waals surface area (Å²) in [6, 6.07) is 0. The van der Waals surface area contributed by atoms with Gasteiger partial charge in [-0.25, -0.2) is 8.42 Å². The molecule has 1 atom stereocenters. The number of H-pyrrole nitrogens is 1. The van der Waals surface area contributed by atoms with Crippen LogP contribution in [-0.2, 0) is 10.0 Å². The fourth-order valence-electron chi connectivity index (χ4n) is 1.71. The normalized spacial score (nSPS) is 20.2. The van der Waals surface area contributed by atoms with Crippen molar-refractivity contribution in [2.45, 2.75) is 18.7 Å². The van der Waals surface area contributed by atoms with Crippen molar-refractivity contribution in [2.75, 3.05) is 11.0 Å². The van der Waals surface area contributed by atoms with Crippen LogP contribution in [0.3, 0.4) is 0 Å². The van der Waals surface area contributed by atoms with Gasteiger partial charge in [-0.1, -0.05) is 6.08 Å². The van der Waals surface area contributed by atoms with Gasteiger partial charge >= 0.3 is 0 Å². The van der Waals surface area contributed by atoms with E-state index < -0.39 is 10.0 Å². The summed E-state index contributed by atoms with van der Waals surface area (Å²) in [6.45, 7) is 1.93. The van der Waals surface area contributed by atoms with E-state index in [1.54, 1.807) is 0 Å². The zero-order valence-corrected chi connectivity index (χ0v) is 10.5. The minimum absolute atomic E-state index is 0.248. The summed E-state index contributed by atoms with van der Waals surface area (Å²) in [7, 11) is -3.33. The van der Waals surface area contributed by atoms with Gasteiger partial charge in [0.05, 0.1) is 17.3 Å². The molecule has 0 radical (unpaired) electrons. The third-order valence-electron chi connectivity index (χ3n) is 2.42. The van der Waals surface area contributed by atoms with Crippen molar-refractivity contribution >= 4 is 33.0 Å². The Bertz CT molecular complexity index is 547. The van der Waals surface area contributed by atoms with E-state index in [1.807, 2.05) is 13.0 Å². The Hall–Kier alpha value is -1.01. The number of halogens is 1. The van der Waals surface area contributed by atoms with Crippen molar-refractivity contribution in [1.29, 1.82) is 0 Å². The fraction of sp³-hybridized carbons (Fsp3) is 0.444. The zero-order valence-electron chi connectivity index (χ0n) is 8.91. The minimum atomic E-state index is -3.33. The summed E-state index contributed by atoms with van der Waals surface area (Å²) in [5.74, 6) is 0.296. The number of nitrogens with zero attached hydrogens (tertiary/aromatic N) is 1. The number of aromatic amines is 1. The van der Waals surface area contributed by atoms with Gasteiger partial charge in [-0.3, -0.25) is 9.82 Å². The van der Waals surface area contributed by atoms with Gasteiger partial charge < -0.3 is 0 Å². The van der Waals surface area contributed by atoms with E-state index in [0.29, 0.717) is 12.2 Å². The van der Waals surface area contributed by atoms with Crippen molar-refractivity contribution in [3.05, 3.63) is 17.3 Å². The molecule has 7 heteroatoms. The van der Waals surface area contributed by atoms with Gasteiger partial charge in [0.25, 0.3) is 0 Å². The van der Waals surface area contributed by atoms with Crippen molar-refractivity contribution < 1.29 is 8.42 Å². The van der Waals surface area contributed by atoms with Crippen LogP contribution in [-0.4, -0.2) is 24.9 Å². The number of aromatic nitrogens is 2. The topological polar surface area (TPSA) is 74.8 Å². The smallest absolute Gasteiger partial charge is 0.231 e. The summed E-state index contributed by atoms with van der Waals surface area (Å²) in [5.41, 5.74) is 2.56. The molecule has 0 saturated heterocycles. The van der Waals surface area contributed by atoms with Crippen molar-refractivity contribution in [3.63, 3.8) is 0 Å². The second-order valence-corrected chi connectivity index (χ2v) is 6.10. The van der Waals surface area contributed by atoms with Crippen LogP contribution in [0.1, 0.15) is 30.0 Å². The van der Waals surface area contributed by atoms with Gasteiger partial charge in [0.1, 0.15) is 0 Å². The molecule has 5 nitrogen and oxygen atoms in total. The number of allylic oxidation sites excluding steroid dienone is 2. The molecule has 88 valence electrons. The van der Waals surface area contributed by atoms with Crippen molar-refractivity contribution in [3.8, 4) is 0 Å². The van der Waals surface area contributed by atoms with Crippen LogP contribution < -0.4 is 4.72 Å². The first-order chi connectivity index (χ1) is 7.38. The van der Waals surface area contributed by atoms with Gasteiger partial charge in [0, 0.05) is 5.56 Å². The highest BCUT2D eigenvalue weighted by atomic mass is 35.5. The maximum absolute atomic E-state index is 11.1. The quantitative estimate of drug-likeness (QED) is 0.798. The van der Waals surface area contributed by atoms with Crippen molar-refractivity contribution in [1.82, 2.24) is 10.2 Å². The summed E-state index contributed by atoms with van der Waals surface area (Å²) in [4.78, 5) is 0. The Labute approximate surface area is 98.9 Å². The molecular formula is C9H12ClN3O2S. The summed E-state index contributed by atoms with van der Waals surface area (Å²) < 4.78 is 24.7. The maximum Gasteiger partial charge on any atom is 0.231 e. The molecule has 1 aromatic heterocycles. The SMILES string of the molecule is CC1=CCC(Cl)c2c(NS(C)(=O)=O)n[nH]c21. The molecule has 2 N–H and O–H groups in total. The largest absolute Gasteiger partial charge is 0.276 e. The lowest BCUT2D eigenvalue weighted by Crippen LogP contribution is -2.12. The molecule has 1 aliphatic rings. The van der Waals surface area contributed by atoms with Gasteiger partial charge in [-0.2, -0.15) is 5.10 Å². The summed E-state index contributed by atoms with van der Waals surface area (Å²) >= 11 is 6.15. The van der Waals surface area contributed by atoms with Crippen molar-refractivity contribution in [2.24, 2.45) is 0 Å². The van der Waals surface area contributed by atoms with Gasteiger partial charge in [-0.05, 0) is 18.9 Å². The molecule has 1 aromatic rings. The van der Waals surface area contributed by atoms with Crippen LogP contribution in [0.5, 0.6) is 0 Å². The minimum Gasteiger partial charge on any atom is -0.276 e. The highest BCUT2D eigenvalue weighted by molar-refractivity contribution is 7.92. The molecule has 16 heavy (non-hydrogen) atoms. The number of rotatable bonds is 2. The first kappa shape index (κ1) is 11.5. The third-order valence-corrected chi connectivity index (χ3v) is 3.39. The number of anilines is 1. The van der Waals surface area contributed by atoms with Gasteiger partial charge in [0.15, 0.2) is 5.82 Å². The van der Waals surface area contributed by atoms with E-state index in [1.165, 1.54) is 0 Å². The lowest BCUT2D eigenvalue weighted by Gasteiger charge is -2.16. The average Bonchev–Trinajstić information content (AvgIpc) is 2.54. The average molecular weight is 262 g/mol. The van der Waals surface area contributed by atoms with E-state index in [0.717, 1.165) is 23.1 Å². The number of hydrogen-bond acceptors (Lipinski definition) is 3. The Morgan fingerprint density at radius 2 is 2.31 bits per heavy atom. The molecule has 2 rings (SSSR count). The predicted molar refractivity (Wildman–Crippen MR) is 63.9 cm³/mol. The molecule has 1 aliphatic carbocycles. The number of hydrogen-bond donors (Lipinski definition) is 2. The zero-order chi connectivity index (χ0) is 11.9. The molecule has 0 saturated carbocycles. The van der Waals surface area contributed by atoms with E-state index in [-0.39, 0.29) is 5.38 Å². The van der Waals surface area contributed by atoms with E-state index in [9.17, 15) is 8.42 Å². The molecular weight excluding hydrogens is 250 g/mol. The Morgan fingerprint density at radius 3 is 2.94 bits per heavy atom. The monoisotopic (exact) mass is 261 g/mol. The first-order valence-electron chi connectivity index (χ1n) is 4.75. The predicted octanol–water partition coefficient (Wildman–Crippen LogP) is 1.87. The summed E-state index contributed by atoms with van der Waals surface area (Å²) in [5, 5.41) is 6.49. The molecule has 0 aliphatic heterocycles. The van der Waals surface area contributed by atoms with Crippen LogP contribution in [0.25, 0.3) is 5.57 Å². The number of fused-ring (bicyclic) bond motifs is 1. The molecule has 0 amide bonds. The lowest BCUT2D eigenvalue weighted by atomic mass is 9.97. The second-order valence-electron chi connectivity index (χ2n) is 3.83. The standard InChI is InChI=1S/C9H12ClN3O2S/c1-5-3-4-6(10)7-8(5)11-12-9(7)13-16(2,14)15/h3,6H,4H2,1-2H3,(H2,11,12,13). The Morgan fingerprint density at radius 1 is 1.62 bits per heavy atom. The molecule has 0 fully saturated rings. The number of sulfonamides is 1. The van der Waals surface area contributed by atoms with Crippen LogP contribution in [0.15, 0.2) is 6.08 Å². The van der Waals surface area contributed by atoms with Gasteiger partial charge in [0.2, 0.25) is 10.0 Å². The molecule has 0 bridgehead atoms. The van der Waals surface area contributed by atoms with Crippen LogP contribution in [0.2, 0.25) is 0 Å². The molecule has 1 unspecified atom stereocenters. The second kappa shape index (κ2) is 3.78. The van der Waals surface area contributed by atoms with E-state index in [4.69, 9.17) is 11.6 Å². The van der Waals surface area contributed by atoms with Crippen LogP contribution >= 0.6 is 11.6 Å². The van der Waals surface area contributed by atoms with Crippen LogP contribution in [0.4, 0.5) is 5.82 Å². The van der Waals surface area contributed by atoms with E-state index >= 15 is 0 Å². The molecule has 0 spiro atoms. The summed E-state index contributed by atoms with van der Waals surface area (Å²) in [6.07, 6.45) is 3.77. The highest BCUT2D eigenvalue weighted by Crippen LogP contribution is 2.39. The Kier molecular flexibility index (Phi) is 2.71. The molecule has 1 heterocycles. The number of alkyl halides is 1. The lowest BCUT2D eigenvalue weighted by molar-refractivity contribution is 0.606. The number of nitrogens with one attached hydrogen (secondary N) is 2. The fourth-order valence-corrected chi connectivity index (χ4v) is 2.52.